The van der Waals surface area contributed by atoms with Crippen LogP contribution in [-0.2, 0) is 0 Å². The predicted octanol–water partition coefficient (Wildman–Crippen LogP) is 32.5. The Balaban J connectivity index is 0.000000105. The minimum atomic E-state index is 0.172. The van der Waals surface area contributed by atoms with Gasteiger partial charge in [0.25, 0.3) is 0 Å². The highest BCUT2D eigenvalue weighted by atomic mass is 35.5. The maximum atomic E-state index is 6.53. The van der Waals surface area contributed by atoms with Gasteiger partial charge in [-0.25, -0.2) is 19.9 Å². The van der Waals surface area contributed by atoms with Gasteiger partial charge in [0.2, 0.25) is 21.1 Å². The summed E-state index contributed by atoms with van der Waals surface area (Å²) in [4.78, 5) is 55.3. The van der Waals surface area contributed by atoms with Crippen molar-refractivity contribution in [1.82, 2.24) is 59.8 Å². The first kappa shape index (κ1) is 84.7. The molecule has 0 aliphatic heterocycles. The topological polar surface area (TPSA) is 155 Å². The van der Waals surface area contributed by atoms with Gasteiger partial charge in [-0.05, 0) is 206 Å². The molecule has 4 aromatic heterocycles. The minimum absolute atomic E-state index is 0.172. The lowest BCUT2D eigenvalue weighted by Gasteiger charge is -2.13. The second-order valence-electron chi connectivity index (χ2n) is 32.7. The van der Waals surface area contributed by atoms with Gasteiger partial charge in [0.15, 0.2) is 46.6 Å². The standard InChI is InChI=1S/2C31H18ClN3.C31H20ClN3.C27H18ClN3/c32-31-34-29(27-17-19-9-1-3-11-21(19)23-13-5-7-15-25(23)27)33-30(35-31)28-18-20-10-2-4-12-22(20)24-14-6-8-16-26(24)28;32-31-34-29(22-15-14-21-13-12-19-6-2-4-9-24(19)28(21)18-22)33-30(35-31)27-11-5-10-25-23-8-3-1-7-20(23)16-17-26(25)27;32-31-34-29(33-30(35-31)28-15-7-6-14-27(28)21-9-2-1-3-10-21)24-19-17-23(18-20-24)26-16-8-12-22-11-4-5-13-25(22)26;28-27-30-25(22-17-15-20(16-18-22)19-9-3-1-4-10-19)29-26(31-27)24-14-8-7-13-23(24)21-11-5-2-6-12-21/h2*1-18H;1-20H;1-18H. The van der Waals surface area contributed by atoms with E-state index in [1.165, 1.54) is 59.6 Å². The Bertz CT molecular complexity index is 8720. The molecule has 4 heterocycles. The molecule has 16 heteroatoms. The van der Waals surface area contributed by atoms with Crippen molar-refractivity contribution < 1.29 is 0 Å². The van der Waals surface area contributed by atoms with Crippen LogP contribution in [0.3, 0.4) is 0 Å². The van der Waals surface area contributed by atoms with Gasteiger partial charge in [0.05, 0.1) is 0 Å². The van der Waals surface area contributed by atoms with Crippen LogP contribution >= 0.6 is 46.4 Å². The molecule has 25 rings (SSSR count). The van der Waals surface area contributed by atoms with Crippen molar-refractivity contribution in [3.8, 4) is 136 Å². The Labute approximate surface area is 802 Å². The van der Waals surface area contributed by atoms with Crippen molar-refractivity contribution in [3.05, 3.63) is 470 Å². The quantitative estimate of drug-likeness (QED) is 0.107. The molecule has 0 atom stereocenters. The van der Waals surface area contributed by atoms with E-state index in [1.54, 1.807) is 0 Å². The smallest absolute Gasteiger partial charge is 0.208 e. The molecule has 12 nitrogen and oxygen atoms in total. The van der Waals surface area contributed by atoms with E-state index in [2.05, 4.69) is 331 Å². The fourth-order valence-corrected chi connectivity index (χ4v) is 18.7. The number of nitrogens with zero attached hydrogens (tertiary/aromatic N) is 12. The number of aromatic nitrogens is 12. The number of benzene rings is 21. The summed E-state index contributed by atoms with van der Waals surface area (Å²) in [7, 11) is 0. The molecule has 0 radical (unpaired) electrons. The van der Waals surface area contributed by atoms with Crippen LogP contribution in [0.25, 0.3) is 233 Å². The van der Waals surface area contributed by atoms with Gasteiger partial charge in [-0.1, -0.05) is 431 Å². The number of rotatable bonds is 12. The van der Waals surface area contributed by atoms with Gasteiger partial charge in [0.1, 0.15) is 0 Å². The first-order chi connectivity index (χ1) is 67.0. The van der Waals surface area contributed by atoms with Crippen molar-refractivity contribution in [1.29, 1.82) is 0 Å². The maximum absolute atomic E-state index is 6.53. The molecule has 0 saturated carbocycles. The molecule has 0 bridgehead atoms. The van der Waals surface area contributed by atoms with Crippen LogP contribution in [0.4, 0.5) is 0 Å². The third kappa shape index (κ3) is 17.4. The van der Waals surface area contributed by atoms with E-state index < -0.39 is 0 Å². The molecule has 0 N–H and O–H groups in total. The fourth-order valence-electron chi connectivity index (χ4n) is 18.1. The molecule has 0 unspecified atom stereocenters. The van der Waals surface area contributed by atoms with Crippen molar-refractivity contribution >= 4 is 143 Å². The summed E-state index contributed by atoms with van der Waals surface area (Å²) < 4.78 is 0. The second kappa shape index (κ2) is 37.8. The Kier molecular flexibility index (Phi) is 23.5. The van der Waals surface area contributed by atoms with Crippen molar-refractivity contribution in [2.24, 2.45) is 0 Å². The SMILES string of the molecule is Clc1nc(-c2cc3ccccc3c3ccccc23)nc(-c2cc3ccccc3c3ccccc23)n1.Clc1nc(-c2ccc(-c3cccc4ccccc34)cc2)nc(-c2ccccc2-c2ccccc2)n1.Clc1nc(-c2ccc(-c3ccccc3)cc2)nc(-c2ccccc2-c2ccccc2)n1.Clc1nc(-c2ccc3ccc4ccccc4c3c2)nc(-c2cccc3c2ccc2ccccc23)n1. The van der Waals surface area contributed by atoms with Crippen LogP contribution in [0.1, 0.15) is 0 Å². The highest BCUT2D eigenvalue weighted by molar-refractivity contribution is 6.30. The fraction of sp³-hybridized carbons (Fsp3) is 0. The monoisotopic (exact) mass is 1820 g/mol. The first-order valence-electron chi connectivity index (χ1n) is 44.4. The van der Waals surface area contributed by atoms with Crippen LogP contribution in [0.5, 0.6) is 0 Å². The van der Waals surface area contributed by atoms with Crippen LogP contribution in [0.2, 0.25) is 21.1 Å². The van der Waals surface area contributed by atoms with Gasteiger partial charge in [-0.2, -0.15) is 39.9 Å². The normalized spacial score (nSPS) is 11.2. The van der Waals surface area contributed by atoms with Crippen LogP contribution in [0, 0.1) is 0 Å². The third-order valence-electron chi connectivity index (χ3n) is 24.5. The number of halogens is 4. The van der Waals surface area contributed by atoms with E-state index in [-0.39, 0.29) is 21.1 Å². The molecule has 0 amide bonds. The molecular weight excluding hydrogens is 1750 g/mol. The molecule has 25 aromatic rings. The zero-order valence-corrected chi connectivity index (χ0v) is 75.6. The number of fused-ring (bicyclic) bond motifs is 13. The molecule has 0 fully saturated rings. The molecule has 642 valence electrons. The lowest BCUT2D eigenvalue weighted by atomic mass is 9.96. The minimum Gasteiger partial charge on any atom is -0.208 e. The summed E-state index contributed by atoms with van der Waals surface area (Å²) in [5.41, 5.74) is 16.3. The summed E-state index contributed by atoms with van der Waals surface area (Å²) in [5.74, 6) is 4.48. The molecule has 0 aliphatic carbocycles. The highest BCUT2D eigenvalue weighted by Crippen LogP contribution is 2.42. The molecular formula is C120H74Cl4N12. The molecule has 0 spiro atoms. The summed E-state index contributed by atoms with van der Waals surface area (Å²) >= 11 is 25.7. The zero-order chi connectivity index (χ0) is 91.4. The third-order valence-corrected chi connectivity index (χ3v) is 25.2. The average Bonchev–Trinajstić information content (AvgIpc) is 0.752. The van der Waals surface area contributed by atoms with Crippen LogP contribution in [-0.4, -0.2) is 59.8 Å². The Morgan fingerprint density at radius 3 is 0.824 bits per heavy atom. The van der Waals surface area contributed by atoms with E-state index in [4.69, 9.17) is 66.3 Å². The van der Waals surface area contributed by atoms with Crippen molar-refractivity contribution in [3.63, 3.8) is 0 Å². The summed E-state index contributed by atoms with van der Waals surface area (Å²) in [6, 6.07) is 154. The van der Waals surface area contributed by atoms with Crippen molar-refractivity contribution in [2.45, 2.75) is 0 Å². The number of hydrogen-bond acceptors (Lipinski definition) is 12. The molecule has 0 aliphatic rings. The second-order valence-corrected chi connectivity index (χ2v) is 34.0. The molecule has 136 heavy (non-hydrogen) atoms. The maximum Gasteiger partial charge on any atom is 0.226 e. The molecule has 0 saturated heterocycles. The van der Waals surface area contributed by atoms with E-state index in [9.17, 15) is 0 Å². The van der Waals surface area contributed by atoms with E-state index >= 15 is 0 Å². The Morgan fingerprint density at radius 2 is 0.353 bits per heavy atom. The van der Waals surface area contributed by atoms with Gasteiger partial charge in [0, 0.05) is 44.5 Å². The lowest BCUT2D eigenvalue weighted by Crippen LogP contribution is -1.99. The lowest BCUT2D eigenvalue weighted by molar-refractivity contribution is 1.07. The van der Waals surface area contributed by atoms with Gasteiger partial charge in [-0.15, -0.1) is 0 Å². The number of hydrogen-bond donors (Lipinski definition) is 0. The Hall–Kier alpha value is -16.8. The summed E-state index contributed by atoms with van der Waals surface area (Å²) in [5, 5.41) is 21.7. The average molecular weight is 1830 g/mol. The van der Waals surface area contributed by atoms with Crippen LogP contribution in [0.15, 0.2) is 449 Å². The van der Waals surface area contributed by atoms with E-state index in [0.29, 0.717) is 46.6 Å². The van der Waals surface area contributed by atoms with Gasteiger partial charge < -0.3 is 0 Å². The van der Waals surface area contributed by atoms with E-state index in [0.717, 1.165) is 126 Å². The van der Waals surface area contributed by atoms with Gasteiger partial charge >= 0.3 is 0 Å². The highest BCUT2D eigenvalue weighted by Gasteiger charge is 2.22. The van der Waals surface area contributed by atoms with Crippen molar-refractivity contribution in [2.75, 3.05) is 0 Å². The molecule has 21 aromatic carbocycles. The largest absolute Gasteiger partial charge is 0.226 e. The Morgan fingerprint density at radius 1 is 0.110 bits per heavy atom. The van der Waals surface area contributed by atoms with Gasteiger partial charge in [-0.3, -0.25) is 0 Å². The zero-order valence-electron chi connectivity index (χ0n) is 72.6. The van der Waals surface area contributed by atoms with Crippen LogP contribution < -0.4 is 0 Å². The predicted molar refractivity (Wildman–Crippen MR) is 562 cm³/mol. The first-order valence-corrected chi connectivity index (χ1v) is 45.9. The summed E-state index contributed by atoms with van der Waals surface area (Å²) in [6.07, 6.45) is 0. The van der Waals surface area contributed by atoms with E-state index in [1.807, 2.05) is 158 Å². The summed E-state index contributed by atoms with van der Waals surface area (Å²) in [6.45, 7) is 0.